The Morgan fingerprint density at radius 1 is 1.50 bits per heavy atom. The second kappa shape index (κ2) is 2.72. The summed E-state index contributed by atoms with van der Waals surface area (Å²) in [6.45, 7) is 5.48. The molecule has 2 atom stereocenters. The quantitative estimate of drug-likeness (QED) is 0.550. The molecule has 0 aromatic carbocycles. The van der Waals surface area contributed by atoms with Crippen molar-refractivity contribution in [2.45, 2.75) is 51.3 Å². The van der Waals surface area contributed by atoms with Gasteiger partial charge in [0, 0.05) is 6.42 Å². The summed E-state index contributed by atoms with van der Waals surface area (Å²) in [6.07, 6.45) is 1.08. The molecule has 0 aromatic heterocycles. The van der Waals surface area contributed by atoms with Crippen LogP contribution in [0.15, 0.2) is 0 Å². The minimum atomic E-state index is -0.475. The second-order valence-electron chi connectivity index (χ2n) is 4.90. The molecule has 1 aliphatic heterocycles. The van der Waals surface area contributed by atoms with E-state index >= 15 is 0 Å². The maximum Gasteiger partial charge on any atom is 0.411 e. The molecule has 0 radical (unpaired) electrons. The third-order valence-electron chi connectivity index (χ3n) is 2.55. The van der Waals surface area contributed by atoms with Gasteiger partial charge < -0.3 is 4.74 Å². The van der Waals surface area contributed by atoms with Gasteiger partial charge in [-0.3, -0.25) is 9.69 Å². The van der Waals surface area contributed by atoms with Gasteiger partial charge in [-0.05, 0) is 27.2 Å². The average molecular weight is 197 g/mol. The number of likely N-dealkylation sites (tertiary alicyclic amines) is 1. The van der Waals surface area contributed by atoms with Crippen molar-refractivity contribution >= 4 is 11.9 Å². The first-order valence-corrected chi connectivity index (χ1v) is 4.94. The first-order valence-electron chi connectivity index (χ1n) is 4.94. The lowest BCUT2D eigenvalue weighted by Gasteiger charge is -2.20. The molecular formula is C10H15NO3. The largest absolute Gasteiger partial charge is 0.444 e. The van der Waals surface area contributed by atoms with Gasteiger partial charge in [-0.2, -0.15) is 0 Å². The van der Waals surface area contributed by atoms with E-state index in [0.29, 0.717) is 6.42 Å². The predicted molar refractivity (Wildman–Crippen MR) is 49.9 cm³/mol. The van der Waals surface area contributed by atoms with Gasteiger partial charge in [0.25, 0.3) is 0 Å². The minimum Gasteiger partial charge on any atom is -0.444 e. The monoisotopic (exact) mass is 197 g/mol. The molecule has 2 fully saturated rings. The highest BCUT2D eigenvalue weighted by atomic mass is 16.6. The van der Waals surface area contributed by atoms with Gasteiger partial charge in [0.2, 0.25) is 0 Å². The molecule has 1 amide bonds. The zero-order valence-corrected chi connectivity index (χ0v) is 8.74. The van der Waals surface area contributed by atoms with Crippen molar-refractivity contribution < 1.29 is 14.3 Å². The number of amides is 1. The minimum absolute atomic E-state index is 0.136. The maximum absolute atomic E-state index is 11.5. The van der Waals surface area contributed by atoms with Crippen LogP contribution in [0.3, 0.4) is 0 Å². The molecule has 4 nitrogen and oxygen atoms in total. The number of nitrogens with zero attached hydrogens (tertiary/aromatic N) is 1. The molecule has 1 saturated carbocycles. The van der Waals surface area contributed by atoms with Crippen LogP contribution in [0.5, 0.6) is 0 Å². The average Bonchev–Trinajstić information content (AvgIpc) is 2.61. The van der Waals surface area contributed by atoms with E-state index in [-0.39, 0.29) is 24.0 Å². The highest BCUT2D eigenvalue weighted by Crippen LogP contribution is 2.40. The van der Waals surface area contributed by atoms with Crippen LogP contribution >= 0.6 is 0 Å². The van der Waals surface area contributed by atoms with E-state index in [4.69, 9.17) is 4.74 Å². The van der Waals surface area contributed by atoms with E-state index in [2.05, 4.69) is 0 Å². The Labute approximate surface area is 83.2 Å². The summed E-state index contributed by atoms with van der Waals surface area (Å²) >= 11 is 0. The van der Waals surface area contributed by atoms with Gasteiger partial charge in [-0.1, -0.05) is 0 Å². The number of ether oxygens (including phenoxy) is 1. The molecule has 0 N–H and O–H groups in total. The summed E-state index contributed by atoms with van der Waals surface area (Å²) in [5, 5.41) is 0. The smallest absolute Gasteiger partial charge is 0.411 e. The van der Waals surface area contributed by atoms with Crippen molar-refractivity contribution in [2.75, 3.05) is 0 Å². The number of Topliss-reactive ketones (excluding diaryl/α,β-unsaturated/α-hetero) is 1. The number of carbonyl (C=O) groups is 2. The zero-order valence-electron chi connectivity index (χ0n) is 8.74. The lowest BCUT2D eigenvalue weighted by Crippen LogP contribution is -2.30. The summed E-state index contributed by atoms with van der Waals surface area (Å²) in [5.74, 6) is 0.181. The van der Waals surface area contributed by atoms with E-state index < -0.39 is 5.60 Å². The molecule has 1 saturated heterocycles. The number of carbonyl (C=O) groups excluding carboxylic acids is 2. The Hall–Kier alpha value is -1.06. The third kappa shape index (κ3) is 1.49. The predicted octanol–water partition coefficient (Wildman–Crippen LogP) is 1.34. The van der Waals surface area contributed by atoms with E-state index in [1.807, 2.05) is 20.8 Å². The van der Waals surface area contributed by atoms with Crippen molar-refractivity contribution in [3.8, 4) is 0 Å². The summed E-state index contributed by atoms with van der Waals surface area (Å²) in [7, 11) is 0. The van der Waals surface area contributed by atoms with Crippen LogP contribution in [0, 0.1) is 0 Å². The lowest BCUT2D eigenvalue weighted by atomic mass is 10.2. The number of piperidine rings is 1. The van der Waals surface area contributed by atoms with Crippen LogP contribution < -0.4 is 0 Å². The van der Waals surface area contributed by atoms with Crippen LogP contribution in [0.2, 0.25) is 0 Å². The molecule has 0 aromatic rings. The third-order valence-corrected chi connectivity index (χ3v) is 2.55. The normalized spacial score (nSPS) is 30.2. The Balaban J connectivity index is 1.94. The molecule has 4 heteroatoms. The van der Waals surface area contributed by atoms with E-state index in [9.17, 15) is 9.59 Å². The maximum atomic E-state index is 11.5. The highest BCUT2D eigenvalue weighted by Gasteiger charge is 2.60. The summed E-state index contributed by atoms with van der Waals surface area (Å²) < 4.78 is 5.18. The fraction of sp³-hybridized carbons (Fsp3) is 0.800. The van der Waals surface area contributed by atoms with Crippen LogP contribution in [0.1, 0.15) is 33.6 Å². The Morgan fingerprint density at radius 2 is 2.14 bits per heavy atom. The second-order valence-corrected chi connectivity index (χ2v) is 4.90. The molecule has 78 valence electrons. The molecule has 0 bridgehead atoms. The van der Waals surface area contributed by atoms with Gasteiger partial charge in [-0.25, -0.2) is 4.79 Å². The SMILES string of the molecule is CC(C)(C)OC(=O)N1C2CCC(=O)C21. The van der Waals surface area contributed by atoms with Crippen molar-refractivity contribution in [3.63, 3.8) is 0 Å². The number of ketones is 1. The number of hydrogen-bond donors (Lipinski definition) is 0. The molecule has 0 spiro atoms. The number of rotatable bonds is 0. The van der Waals surface area contributed by atoms with Gasteiger partial charge >= 0.3 is 6.09 Å². The summed E-state index contributed by atoms with van der Waals surface area (Å²) in [6, 6.07) is -0.0257. The fourth-order valence-electron chi connectivity index (χ4n) is 1.95. The number of fused-ring (bicyclic) bond motifs is 1. The van der Waals surface area contributed by atoms with Crippen molar-refractivity contribution in [2.24, 2.45) is 0 Å². The van der Waals surface area contributed by atoms with Crippen LogP contribution in [-0.4, -0.2) is 34.5 Å². The topological polar surface area (TPSA) is 46.4 Å². The molecule has 2 aliphatic rings. The first-order chi connectivity index (χ1) is 6.40. The molecule has 14 heavy (non-hydrogen) atoms. The first kappa shape index (κ1) is 9.49. The lowest BCUT2D eigenvalue weighted by molar-refractivity contribution is -0.118. The van der Waals surface area contributed by atoms with E-state index in [1.54, 1.807) is 4.90 Å². The zero-order chi connectivity index (χ0) is 10.5. The summed E-state index contributed by atoms with van der Waals surface area (Å²) in [5.41, 5.74) is -0.475. The Morgan fingerprint density at radius 3 is 2.57 bits per heavy atom. The Bertz CT molecular complexity index is 292. The van der Waals surface area contributed by atoms with Gasteiger partial charge in [0.1, 0.15) is 11.6 Å². The van der Waals surface area contributed by atoms with Gasteiger partial charge in [-0.15, -0.1) is 0 Å². The number of hydrogen-bond acceptors (Lipinski definition) is 3. The Kier molecular flexibility index (Phi) is 1.84. The summed E-state index contributed by atoms with van der Waals surface area (Å²) in [4.78, 5) is 24.3. The van der Waals surface area contributed by atoms with Crippen molar-refractivity contribution in [3.05, 3.63) is 0 Å². The van der Waals surface area contributed by atoms with Crippen molar-refractivity contribution in [1.82, 2.24) is 4.90 Å². The van der Waals surface area contributed by atoms with E-state index in [1.165, 1.54) is 0 Å². The van der Waals surface area contributed by atoms with Gasteiger partial charge in [0.05, 0.1) is 6.04 Å². The van der Waals surface area contributed by atoms with Crippen LogP contribution in [0.4, 0.5) is 4.79 Å². The molecule has 2 unspecified atom stereocenters. The van der Waals surface area contributed by atoms with Crippen LogP contribution in [0.25, 0.3) is 0 Å². The molecule has 1 aliphatic carbocycles. The van der Waals surface area contributed by atoms with Crippen molar-refractivity contribution in [1.29, 1.82) is 0 Å². The molecule has 1 heterocycles. The highest BCUT2D eigenvalue weighted by molar-refractivity contribution is 5.96. The molecule has 2 rings (SSSR count). The van der Waals surface area contributed by atoms with Gasteiger partial charge in [0.15, 0.2) is 5.78 Å². The standard InChI is InChI=1S/C10H15NO3/c1-10(2,3)14-9(13)11-6-4-5-7(12)8(6)11/h6,8H,4-5H2,1-3H3. The molecular weight excluding hydrogens is 182 g/mol. The van der Waals surface area contributed by atoms with Crippen LogP contribution in [-0.2, 0) is 9.53 Å². The fourth-order valence-corrected chi connectivity index (χ4v) is 1.95. The van der Waals surface area contributed by atoms with E-state index in [0.717, 1.165) is 6.42 Å².